The fourth-order valence-electron chi connectivity index (χ4n) is 1.70. The number of nitrogens with one attached hydrogen (secondary N) is 2. The van der Waals surface area contributed by atoms with Gasteiger partial charge in [0.1, 0.15) is 5.75 Å². The van der Waals surface area contributed by atoms with Crippen LogP contribution in [0.3, 0.4) is 0 Å². The molecule has 0 fully saturated rings. The van der Waals surface area contributed by atoms with Gasteiger partial charge in [0.05, 0.1) is 19.7 Å². The molecule has 6 nitrogen and oxygen atoms in total. The van der Waals surface area contributed by atoms with Crippen LogP contribution >= 0.6 is 0 Å². The summed E-state index contributed by atoms with van der Waals surface area (Å²) >= 11 is 0. The van der Waals surface area contributed by atoms with E-state index in [0.717, 1.165) is 17.7 Å². The summed E-state index contributed by atoms with van der Waals surface area (Å²) in [6.45, 7) is 5.09. The molecule has 6 heteroatoms. The predicted molar refractivity (Wildman–Crippen MR) is 85.3 cm³/mol. The summed E-state index contributed by atoms with van der Waals surface area (Å²) in [5.74, 6) is 0.735. The van der Waals surface area contributed by atoms with Crippen molar-refractivity contribution in [2.75, 3.05) is 19.7 Å². The molecule has 4 N–H and O–H groups in total. The van der Waals surface area contributed by atoms with Crippen LogP contribution in [0.25, 0.3) is 0 Å². The average Bonchev–Trinajstić information content (AvgIpc) is 2.51. The van der Waals surface area contributed by atoms with Gasteiger partial charge < -0.3 is 21.1 Å². The summed E-state index contributed by atoms with van der Waals surface area (Å²) in [4.78, 5) is 22.6. The van der Waals surface area contributed by atoms with E-state index in [1.165, 1.54) is 0 Å². The van der Waals surface area contributed by atoms with Crippen LogP contribution in [0.5, 0.6) is 5.75 Å². The van der Waals surface area contributed by atoms with Gasteiger partial charge in [0.25, 0.3) is 0 Å². The molecule has 22 heavy (non-hydrogen) atoms. The highest BCUT2D eigenvalue weighted by Gasteiger charge is 2.07. The van der Waals surface area contributed by atoms with Gasteiger partial charge in [-0.3, -0.25) is 9.59 Å². The normalized spacial score (nSPS) is 10.4. The van der Waals surface area contributed by atoms with Crippen molar-refractivity contribution in [3.8, 4) is 5.75 Å². The first-order valence-corrected chi connectivity index (χ1v) is 7.47. The van der Waals surface area contributed by atoms with Crippen molar-refractivity contribution < 1.29 is 14.3 Å². The number of benzene rings is 1. The first-order valence-electron chi connectivity index (χ1n) is 7.47. The van der Waals surface area contributed by atoms with Crippen molar-refractivity contribution in [1.29, 1.82) is 0 Å². The molecule has 2 amide bonds. The second-order valence-corrected chi connectivity index (χ2v) is 5.40. The highest BCUT2D eigenvalue weighted by molar-refractivity contribution is 5.85. The number of hydrogen-bond donors (Lipinski definition) is 3. The molecule has 122 valence electrons. The smallest absolute Gasteiger partial charge is 0.239 e. The number of carbonyl (C=O) groups excluding carboxylic acids is 2. The van der Waals surface area contributed by atoms with Crippen molar-refractivity contribution in [2.24, 2.45) is 11.7 Å². The quantitative estimate of drug-likeness (QED) is 0.629. The van der Waals surface area contributed by atoms with Crippen molar-refractivity contribution in [1.82, 2.24) is 10.6 Å². The lowest BCUT2D eigenvalue weighted by atomic mass is 10.1. The predicted octanol–water partition coefficient (Wildman–Crippen LogP) is 0.803. The zero-order chi connectivity index (χ0) is 16.4. The van der Waals surface area contributed by atoms with E-state index in [-0.39, 0.29) is 24.9 Å². The first-order chi connectivity index (χ1) is 10.5. The van der Waals surface area contributed by atoms with E-state index in [1.807, 2.05) is 24.3 Å². The summed E-state index contributed by atoms with van der Waals surface area (Å²) in [5, 5.41) is 5.17. The van der Waals surface area contributed by atoms with Gasteiger partial charge in [-0.05, 0) is 18.4 Å². The Kier molecular flexibility index (Phi) is 7.99. The van der Waals surface area contributed by atoms with Gasteiger partial charge in [0.2, 0.25) is 11.8 Å². The molecule has 0 aliphatic heterocycles. The zero-order valence-corrected chi connectivity index (χ0v) is 13.2. The third-order valence-electron chi connectivity index (χ3n) is 3.03. The number of nitrogens with two attached hydrogens (primary N) is 1. The van der Waals surface area contributed by atoms with Gasteiger partial charge in [-0.15, -0.1) is 0 Å². The second kappa shape index (κ2) is 9.78. The minimum absolute atomic E-state index is 0.0770. The van der Waals surface area contributed by atoms with Crippen LogP contribution in [0.15, 0.2) is 24.3 Å². The lowest BCUT2D eigenvalue weighted by Crippen LogP contribution is -2.39. The van der Waals surface area contributed by atoms with Crippen LogP contribution in [-0.2, 0) is 16.1 Å². The molecular formula is C16H25N3O3. The molecular weight excluding hydrogens is 282 g/mol. The Hall–Kier alpha value is -2.08. The van der Waals surface area contributed by atoms with Crippen LogP contribution in [0.2, 0.25) is 0 Å². The number of ether oxygens (including phenoxy) is 1. The minimum Gasteiger partial charge on any atom is -0.493 e. The third kappa shape index (κ3) is 7.08. The molecule has 1 aromatic rings. The molecule has 1 aromatic carbocycles. The molecule has 0 aliphatic carbocycles. The summed E-state index contributed by atoms with van der Waals surface area (Å²) in [6.07, 6.45) is 0.978. The monoisotopic (exact) mass is 307 g/mol. The fraction of sp³-hybridized carbons (Fsp3) is 0.500. The Morgan fingerprint density at radius 3 is 2.59 bits per heavy atom. The molecule has 1 rings (SSSR count). The summed E-state index contributed by atoms with van der Waals surface area (Å²) in [5.41, 5.74) is 6.06. The van der Waals surface area contributed by atoms with E-state index in [4.69, 9.17) is 10.5 Å². The first kappa shape index (κ1) is 18.0. The number of rotatable bonds is 9. The van der Waals surface area contributed by atoms with Crippen LogP contribution in [0.1, 0.15) is 25.8 Å². The fourth-order valence-corrected chi connectivity index (χ4v) is 1.70. The number of amides is 2. The minimum atomic E-state index is -0.354. The highest BCUT2D eigenvalue weighted by Crippen LogP contribution is 2.18. The zero-order valence-electron chi connectivity index (χ0n) is 13.2. The van der Waals surface area contributed by atoms with E-state index in [2.05, 4.69) is 24.5 Å². The SMILES string of the molecule is CC(C)CCOc1ccccc1CNC(=O)CNC(=O)CN. The van der Waals surface area contributed by atoms with Crippen LogP contribution in [-0.4, -0.2) is 31.5 Å². The Morgan fingerprint density at radius 1 is 1.18 bits per heavy atom. The average molecular weight is 307 g/mol. The largest absolute Gasteiger partial charge is 0.493 e. The van der Waals surface area contributed by atoms with Crippen LogP contribution in [0, 0.1) is 5.92 Å². The molecule has 0 bridgehead atoms. The van der Waals surface area contributed by atoms with Crippen molar-refractivity contribution in [3.05, 3.63) is 29.8 Å². The second-order valence-electron chi connectivity index (χ2n) is 5.40. The maximum absolute atomic E-state index is 11.6. The highest BCUT2D eigenvalue weighted by atomic mass is 16.5. The van der Waals surface area contributed by atoms with Crippen LogP contribution in [0.4, 0.5) is 0 Å². The lowest BCUT2D eigenvalue weighted by Gasteiger charge is -2.13. The number of carbonyl (C=O) groups is 2. The van der Waals surface area contributed by atoms with Gasteiger partial charge >= 0.3 is 0 Å². The van der Waals surface area contributed by atoms with E-state index in [1.54, 1.807) is 0 Å². The number of para-hydroxylation sites is 1. The Morgan fingerprint density at radius 2 is 1.91 bits per heavy atom. The maximum atomic E-state index is 11.6. The molecule has 0 saturated heterocycles. The maximum Gasteiger partial charge on any atom is 0.239 e. The van der Waals surface area contributed by atoms with Gasteiger partial charge in [-0.2, -0.15) is 0 Å². The summed E-state index contributed by atoms with van der Waals surface area (Å²) < 4.78 is 5.76. The van der Waals surface area contributed by atoms with Gasteiger partial charge in [-0.1, -0.05) is 32.0 Å². The molecule has 0 atom stereocenters. The van der Waals surface area contributed by atoms with Gasteiger partial charge in [0.15, 0.2) is 0 Å². The van der Waals surface area contributed by atoms with Gasteiger partial charge in [0, 0.05) is 12.1 Å². The molecule has 0 radical (unpaired) electrons. The van der Waals surface area contributed by atoms with E-state index < -0.39 is 0 Å². The molecule has 0 unspecified atom stereocenters. The van der Waals surface area contributed by atoms with Crippen molar-refractivity contribution in [2.45, 2.75) is 26.8 Å². The molecule has 0 aromatic heterocycles. The van der Waals surface area contributed by atoms with E-state index in [0.29, 0.717) is 19.1 Å². The van der Waals surface area contributed by atoms with Crippen molar-refractivity contribution in [3.63, 3.8) is 0 Å². The third-order valence-corrected chi connectivity index (χ3v) is 3.03. The molecule has 0 spiro atoms. The van der Waals surface area contributed by atoms with Crippen LogP contribution < -0.4 is 21.1 Å². The van der Waals surface area contributed by atoms with E-state index >= 15 is 0 Å². The van der Waals surface area contributed by atoms with Crippen molar-refractivity contribution >= 4 is 11.8 Å². The Labute approximate surface area is 131 Å². The van der Waals surface area contributed by atoms with E-state index in [9.17, 15) is 9.59 Å². The van der Waals surface area contributed by atoms with Gasteiger partial charge in [-0.25, -0.2) is 0 Å². The lowest BCUT2D eigenvalue weighted by molar-refractivity contribution is -0.125. The Balaban J connectivity index is 2.44. The molecule has 0 aliphatic rings. The topological polar surface area (TPSA) is 93.5 Å². The standard InChI is InChI=1S/C16H25N3O3/c1-12(2)7-8-22-14-6-4-3-5-13(14)10-18-16(21)11-19-15(20)9-17/h3-6,12H,7-11,17H2,1-2H3,(H,18,21)(H,19,20). The summed E-state index contributed by atoms with van der Waals surface area (Å²) in [6, 6.07) is 7.59. The molecule has 0 saturated carbocycles. The Bertz CT molecular complexity index is 489. The molecule has 0 heterocycles. The number of hydrogen-bond acceptors (Lipinski definition) is 4. The summed E-state index contributed by atoms with van der Waals surface area (Å²) in [7, 11) is 0.